The molecule has 0 radical (unpaired) electrons. The number of piperidine rings is 1. The van der Waals surface area contributed by atoms with Crippen molar-refractivity contribution >= 4 is 17.7 Å². The number of nitrogens with zero attached hydrogens (tertiary/aromatic N) is 3. The van der Waals surface area contributed by atoms with Crippen LogP contribution in [-0.2, 0) is 14.4 Å². The first-order valence-corrected chi connectivity index (χ1v) is 10.6. The molecule has 1 atom stereocenters. The second kappa shape index (κ2) is 9.87. The Bertz CT molecular complexity index is 716. The molecule has 0 aliphatic carbocycles. The minimum absolute atomic E-state index is 0.0987. The van der Waals surface area contributed by atoms with Crippen molar-refractivity contribution in [3.05, 3.63) is 35.9 Å². The van der Waals surface area contributed by atoms with Crippen LogP contribution in [0, 0.1) is 0 Å². The van der Waals surface area contributed by atoms with Crippen molar-refractivity contribution in [3.8, 4) is 0 Å². The molecule has 0 unspecified atom stereocenters. The quantitative estimate of drug-likeness (QED) is 0.703. The molecule has 2 fully saturated rings. The highest BCUT2D eigenvalue weighted by Gasteiger charge is 2.40. The van der Waals surface area contributed by atoms with Crippen LogP contribution in [0.15, 0.2) is 30.3 Å². The van der Waals surface area contributed by atoms with Gasteiger partial charge in [-0.15, -0.1) is 0 Å². The van der Waals surface area contributed by atoms with Crippen molar-refractivity contribution in [2.24, 2.45) is 0 Å². The number of hydrogen-bond donors (Lipinski definition) is 1. The van der Waals surface area contributed by atoms with E-state index in [1.165, 1.54) is 4.90 Å². The van der Waals surface area contributed by atoms with E-state index in [9.17, 15) is 14.4 Å². The number of hydrogen-bond acceptors (Lipinski definition) is 4. The van der Waals surface area contributed by atoms with Crippen molar-refractivity contribution in [3.63, 3.8) is 0 Å². The number of likely N-dealkylation sites (tertiary alicyclic amines) is 1. The van der Waals surface area contributed by atoms with Gasteiger partial charge in [0.15, 0.2) is 0 Å². The molecular weight excluding hydrogens is 368 g/mol. The SMILES string of the molecule is CCCCN1CCN([C@@H](C(=O)NC2CCN(C)CC2)c2ccccc2)C(=O)C1=O. The summed E-state index contributed by atoms with van der Waals surface area (Å²) in [6.45, 7) is 5.36. The standard InChI is InChI=1S/C22H32N4O3/c1-3-4-12-25-15-16-26(22(29)21(25)28)19(17-8-6-5-7-9-17)20(27)23-18-10-13-24(2)14-11-18/h5-9,18-19H,3-4,10-16H2,1-2H3,(H,23,27)/t19-/m1/s1. The number of amides is 3. The predicted molar refractivity (Wildman–Crippen MR) is 111 cm³/mol. The van der Waals surface area contributed by atoms with Gasteiger partial charge in [0.2, 0.25) is 5.91 Å². The number of nitrogens with one attached hydrogen (secondary N) is 1. The van der Waals surface area contributed by atoms with Crippen molar-refractivity contribution in [1.82, 2.24) is 20.0 Å². The summed E-state index contributed by atoms with van der Waals surface area (Å²) in [5, 5.41) is 3.13. The molecule has 1 N–H and O–H groups in total. The Labute approximate surface area is 173 Å². The average molecular weight is 401 g/mol. The summed E-state index contributed by atoms with van der Waals surface area (Å²) < 4.78 is 0. The lowest BCUT2D eigenvalue weighted by molar-refractivity contribution is -0.159. The van der Waals surface area contributed by atoms with E-state index < -0.39 is 17.9 Å². The zero-order valence-electron chi connectivity index (χ0n) is 17.5. The van der Waals surface area contributed by atoms with Crippen molar-refractivity contribution < 1.29 is 14.4 Å². The Hall–Kier alpha value is -2.41. The second-order valence-corrected chi connectivity index (χ2v) is 8.04. The van der Waals surface area contributed by atoms with E-state index in [-0.39, 0.29) is 11.9 Å². The molecule has 3 amide bonds. The average Bonchev–Trinajstić information content (AvgIpc) is 2.73. The lowest BCUT2D eigenvalue weighted by atomic mass is 10.0. The minimum atomic E-state index is -0.777. The molecule has 158 valence electrons. The van der Waals surface area contributed by atoms with Gasteiger partial charge in [-0.2, -0.15) is 0 Å². The topological polar surface area (TPSA) is 73.0 Å². The zero-order chi connectivity index (χ0) is 20.8. The monoisotopic (exact) mass is 400 g/mol. The van der Waals surface area contributed by atoms with Gasteiger partial charge in [0, 0.05) is 25.7 Å². The van der Waals surface area contributed by atoms with E-state index in [0.29, 0.717) is 19.6 Å². The van der Waals surface area contributed by atoms with Crippen LogP contribution in [0.1, 0.15) is 44.2 Å². The van der Waals surface area contributed by atoms with Gasteiger partial charge in [0.05, 0.1) is 0 Å². The molecule has 3 rings (SSSR count). The Balaban J connectivity index is 1.76. The third-order valence-corrected chi connectivity index (χ3v) is 5.86. The van der Waals surface area contributed by atoms with Crippen LogP contribution < -0.4 is 5.32 Å². The molecule has 7 heteroatoms. The molecule has 0 bridgehead atoms. The maximum atomic E-state index is 13.3. The fraction of sp³-hybridized carbons (Fsp3) is 0.591. The molecule has 2 aliphatic heterocycles. The van der Waals surface area contributed by atoms with Crippen LogP contribution >= 0.6 is 0 Å². The highest BCUT2D eigenvalue weighted by atomic mass is 16.2. The van der Waals surface area contributed by atoms with E-state index in [1.807, 2.05) is 30.3 Å². The fourth-order valence-corrected chi connectivity index (χ4v) is 4.04. The smallest absolute Gasteiger partial charge is 0.313 e. The van der Waals surface area contributed by atoms with Crippen LogP contribution in [0.3, 0.4) is 0 Å². The molecule has 2 saturated heterocycles. The van der Waals surface area contributed by atoms with Crippen LogP contribution in [0.25, 0.3) is 0 Å². The van der Waals surface area contributed by atoms with Gasteiger partial charge in [0.25, 0.3) is 0 Å². The van der Waals surface area contributed by atoms with Gasteiger partial charge in [0.1, 0.15) is 6.04 Å². The molecule has 0 saturated carbocycles. The van der Waals surface area contributed by atoms with E-state index in [1.54, 1.807) is 4.90 Å². The summed E-state index contributed by atoms with van der Waals surface area (Å²) in [6.07, 6.45) is 3.62. The molecule has 29 heavy (non-hydrogen) atoms. The van der Waals surface area contributed by atoms with E-state index in [4.69, 9.17) is 0 Å². The Morgan fingerprint density at radius 3 is 2.41 bits per heavy atom. The van der Waals surface area contributed by atoms with E-state index in [0.717, 1.165) is 44.3 Å². The lowest BCUT2D eigenvalue weighted by Crippen LogP contribution is -2.58. The Morgan fingerprint density at radius 1 is 1.07 bits per heavy atom. The summed E-state index contributed by atoms with van der Waals surface area (Å²) in [4.78, 5) is 44.1. The third kappa shape index (κ3) is 5.15. The normalized spacial score (nSPS) is 20.1. The Kier molecular flexibility index (Phi) is 7.25. The number of piperazine rings is 1. The fourth-order valence-electron chi connectivity index (χ4n) is 4.04. The van der Waals surface area contributed by atoms with Gasteiger partial charge < -0.3 is 20.0 Å². The van der Waals surface area contributed by atoms with E-state index in [2.05, 4.69) is 24.2 Å². The summed E-state index contributed by atoms with van der Waals surface area (Å²) in [6, 6.07) is 8.61. The van der Waals surface area contributed by atoms with Gasteiger partial charge in [-0.25, -0.2) is 0 Å². The maximum absolute atomic E-state index is 13.3. The van der Waals surface area contributed by atoms with Crippen molar-refractivity contribution in [2.45, 2.75) is 44.7 Å². The van der Waals surface area contributed by atoms with Crippen LogP contribution in [0.4, 0.5) is 0 Å². The van der Waals surface area contributed by atoms with Crippen molar-refractivity contribution in [1.29, 1.82) is 0 Å². The number of unbranched alkanes of at least 4 members (excludes halogenated alkanes) is 1. The molecule has 7 nitrogen and oxygen atoms in total. The zero-order valence-corrected chi connectivity index (χ0v) is 17.5. The molecule has 2 heterocycles. The number of benzene rings is 1. The largest absolute Gasteiger partial charge is 0.351 e. The predicted octanol–water partition coefficient (Wildman–Crippen LogP) is 1.41. The molecule has 0 spiro atoms. The summed E-state index contributed by atoms with van der Waals surface area (Å²) in [5.74, 6) is -1.29. The first kappa shape index (κ1) is 21.3. The Morgan fingerprint density at radius 2 is 1.76 bits per heavy atom. The highest BCUT2D eigenvalue weighted by Crippen LogP contribution is 2.25. The first-order chi connectivity index (χ1) is 14.0. The van der Waals surface area contributed by atoms with Gasteiger partial charge in [-0.3, -0.25) is 14.4 Å². The number of rotatable bonds is 7. The molecule has 1 aromatic carbocycles. The van der Waals surface area contributed by atoms with Gasteiger partial charge in [-0.1, -0.05) is 43.7 Å². The number of carbonyl (C=O) groups is 3. The third-order valence-electron chi connectivity index (χ3n) is 5.86. The van der Waals surface area contributed by atoms with Crippen LogP contribution in [0.5, 0.6) is 0 Å². The summed E-state index contributed by atoms with van der Waals surface area (Å²) >= 11 is 0. The maximum Gasteiger partial charge on any atom is 0.313 e. The van der Waals surface area contributed by atoms with Crippen LogP contribution in [-0.4, -0.2) is 78.2 Å². The molecule has 1 aromatic rings. The highest BCUT2D eigenvalue weighted by molar-refractivity contribution is 6.35. The summed E-state index contributed by atoms with van der Waals surface area (Å²) in [7, 11) is 2.08. The molecule has 2 aliphatic rings. The second-order valence-electron chi connectivity index (χ2n) is 8.04. The van der Waals surface area contributed by atoms with Gasteiger partial charge in [-0.05, 0) is 45.0 Å². The molecule has 0 aromatic heterocycles. The number of carbonyl (C=O) groups excluding carboxylic acids is 3. The van der Waals surface area contributed by atoms with Crippen molar-refractivity contribution in [2.75, 3.05) is 39.8 Å². The minimum Gasteiger partial charge on any atom is -0.351 e. The van der Waals surface area contributed by atoms with Crippen LogP contribution in [0.2, 0.25) is 0 Å². The van der Waals surface area contributed by atoms with Gasteiger partial charge >= 0.3 is 11.8 Å². The lowest BCUT2D eigenvalue weighted by Gasteiger charge is -2.39. The van der Waals surface area contributed by atoms with E-state index >= 15 is 0 Å². The first-order valence-electron chi connectivity index (χ1n) is 10.6. The molecular formula is C22H32N4O3. The summed E-state index contributed by atoms with van der Waals surface area (Å²) in [5.41, 5.74) is 0.737.